The standard InChI is InChI=1S/C8H10ClNO/c1-2-8-10-6-7(11-8)4-3-5-9/h2,6H,1,3-5H2. The summed E-state index contributed by atoms with van der Waals surface area (Å²) in [6.45, 7) is 3.54. The van der Waals surface area contributed by atoms with E-state index in [1.54, 1.807) is 12.3 Å². The molecule has 0 atom stereocenters. The topological polar surface area (TPSA) is 26.0 Å². The molecule has 3 heteroatoms. The normalized spacial score (nSPS) is 9.91. The van der Waals surface area contributed by atoms with Gasteiger partial charge in [0.25, 0.3) is 0 Å². The molecule has 0 aliphatic carbocycles. The fourth-order valence-corrected chi connectivity index (χ4v) is 0.907. The highest BCUT2D eigenvalue weighted by atomic mass is 35.5. The van der Waals surface area contributed by atoms with Crippen LogP contribution in [0.3, 0.4) is 0 Å². The van der Waals surface area contributed by atoms with E-state index in [1.807, 2.05) is 0 Å². The molecule has 2 nitrogen and oxygen atoms in total. The molecule has 1 rings (SSSR count). The maximum atomic E-state index is 5.51. The Balaban J connectivity index is 2.51. The van der Waals surface area contributed by atoms with E-state index in [9.17, 15) is 0 Å². The first kappa shape index (κ1) is 8.34. The number of hydrogen-bond donors (Lipinski definition) is 0. The fraction of sp³-hybridized carbons (Fsp3) is 0.375. The van der Waals surface area contributed by atoms with E-state index in [-0.39, 0.29) is 0 Å². The van der Waals surface area contributed by atoms with Crippen molar-refractivity contribution in [1.82, 2.24) is 4.98 Å². The lowest BCUT2D eigenvalue weighted by Crippen LogP contribution is -1.81. The fourth-order valence-electron chi connectivity index (χ4n) is 0.774. The van der Waals surface area contributed by atoms with Crippen molar-refractivity contribution >= 4 is 17.7 Å². The average molecular weight is 172 g/mol. The minimum Gasteiger partial charge on any atom is -0.442 e. The van der Waals surface area contributed by atoms with Crippen LogP contribution < -0.4 is 0 Å². The lowest BCUT2D eigenvalue weighted by molar-refractivity contribution is 0.492. The van der Waals surface area contributed by atoms with Gasteiger partial charge < -0.3 is 4.42 Å². The first-order valence-electron chi connectivity index (χ1n) is 3.50. The second-order valence-electron chi connectivity index (χ2n) is 2.16. The molecule has 60 valence electrons. The number of oxazole rings is 1. The first-order chi connectivity index (χ1) is 5.36. The number of alkyl halides is 1. The summed E-state index contributed by atoms with van der Waals surface area (Å²) in [5.74, 6) is 2.11. The molecule has 0 bridgehead atoms. The molecule has 1 aromatic heterocycles. The third-order valence-electron chi connectivity index (χ3n) is 1.30. The molecule has 1 aromatic rings. The molecule has 0 aliphatic rings. The molecular weight excluding hydrogens is 162 g/mol. The van der Waals surface area contributed by atoms with E-state index >= 15 is 0 Å². The molecule has 0 aromatic carbocycles. The van der Waals surface area contributed by atoms with E-state index < -0.39 is 0 Å². The third kappa shape index (κ3) is 2.39. The van der Waals surface area contributed by atoms with Gasteiger partial charge in [0.15, 0.2) is 0 Å². The second-order valence-corrected chi connectivity index (χ2v) is 2.54. The van der Waals surface area contributed by atoms with E-state index in [2.05, 4.69) is 11.6 Å². The van der Waals surface area contributed by atoms with Crippen molar-refractivity contribution in [3.63, 3.8) is 0 Å². The SMILES string of the molecule is C=Cc1ncc(CCCCl)o1. The smallest absolute Gasteiger partial charge is 0.218 e. The molecule has 0 saturated heterocycles. The van der Waals surface area contributed by atoms with Gasteiger partial charge in [-0.1, -0.05) is 6.58 Å². The first-order valence-corrected chi connectivity index (χ1v) is 4.03. The van der Waals surface area contributed by atoms with Crippen molar-refractivity contribution in [2.45, 2.75) is 12.8 Å². The predicted molar refractivity (Wildman–Crippen MR) is 45.6 cm³/mol. The van der Waals surface area contributed by atoms with Gasteiger partial charge in [0.2, 0.25) is 5.89 Å². The van der Waals surface area contributed by atoms with Crippen molar-refractivity contribution in [2.75, 3.05) is 5.88 Å². The zero-order chi connectivity index (χ0) is 8.10. The number of rotatable bonds is 4. The van der Waals surface area contributed by atoms with Crippen LogP contribution in [0.5, 0.6) is 0 Å². The number of halogens is 1. The average Bonchev–Trinajstić information content (AvgIpc) is 2.48. The van der Waals surface area contributed by atoms with Gasteiger partial charge in [-0.05, 0) is 12.5 Å². The molecule has 0 radical (unpaired) electrons. The maximum absolute atomic E-state index is 5.51. The summed E-state index contributed by atoms with van der Waals surface area (Å²) < 4.78 is 5.25. The maximum Gasteiger partial charge on any atom is 0.218 e. The van der Waals surface area contributed by atoms with E-state index in [0.717, 1.165) is 18.6 Å². The Morgan fingerprint density at radius 2 is 2.55 bits per heavy atom. The van der Waals surface area contributed by atoms with Crippen molar-refractivity contribution in [3.05, 3.63) is 24.4 Å². The van der Waals surface area contributed by atoms with Crippen LogP contribution in [0.25, 0.3) is 6.08 Å². The van der Waals surface area contributed by atoms with Gasteiger partial charge in [0, 0.05) is 12.3 Å². The van der Waals surface area contributed by atoms with Gasteiger partial charge in [0.1, 0.15) is 5.76 Å². The van der Waals surface area contributed by atoms with Gasteiger partial charge >= 0.3 is 0 Å². The molecule has 0 N–H and O–H groups in total. The predicted octanol–water partition coefficient (Wildman–Crippen LogP) is 2.49. The molecule has 0 fully saturated rings. The Morgan fingerprint density at radius 3 is 3.09 bits per heavy atom. The van der Waals surface area contributed by atoms with Crippen LogP contribution in [0.4, 0.5) is 0 Å². The van der Waals surface area contributed by atoms with Crippen molar-refractivity contribution in [2.24, 2.45) is 0 Å². The third-order valence-corrected chi connectivity index (χ3v) is 1.57. The summed E-state index contributed by atoms with van der Waals surface area (Å²) in [5.41, 5.74) is 0. The summed E-state index contributed by atoms with van der Waals surface area (Å²) in [5, 5.41) is 0. The van der Waals surface area contributed by atoms with Crippen molar-refractivity contribution in [3.8, 4) is 0 Å². The van der Waals surface area contributed by atoms with Crippen LogP contribution in [0.15, 0.2) is 17.2 Å². The molecule has 0 spiro atoms. The number of nitrogens with zero attached hydrogens (tertiary/aromatic N) is 1. The van der Waals surface area contributed by atoms with E-state index in [1.165, 1.54) is 0 Å². The molecule has 1 heterocycles. The van der Waals surface area contributed by atoms with Gasteiger partial charge in [-0.15, -0.1) is 11.6 Å². The van der Waals surface area contributed by atoms with E-state index in [4.69, 9.17) is 16.0 Å². The van der Waals surface area contributed by atoms with Gasteiger partial charge in [-0.3, -0.25) is 0 Å². The highest BCUT2D eigenvalue weighted by molar-refractivity contribution is 6.17. The number of hydrogen-bond acceptors (Lipinski definition) is 2. The molecule has 0 saturated carbocycles. The summed E-state index contributed by atoms with van der Waals surface area (Å²) in [6, 6.07) is 0. The van der Waals surface area contributed by atoms with Crippen molar-refractivity contribution < 1.29 is 4.42 Å². The highest BCUT2D eigenvalue weighted by Crippen LogP contribution is 2.07. The largest absolute Gasteiger partial charge is 0.442 e. The van der Waals surface area contributed by atoms with Gasteiger partial charge in [-0.2, -0.15) is 0 Å². The van der Waals surface area contributed by atoms with Crippen LogP contribution in [0, 0.1) is 0 Å². The Labute approximate surface area is 70.9 Å². The van der Waals surface area contributed by atoms with Crippen LogP contribution >= 0.6 is 11.6 Å². The lowest BCUT2D eigenvalue weighted by Gasteiger charge is -1.89. The Hall–Kier alpha value is -0.760. The quantitative estimate of drug-likeness (QED) is 0.651. The van der Waals surface area contributed by atoms with E-state index in [0.29, 0.717) is 11.8 Å². The molecule has 0 unspecified atom stereocenters. The monoisotopic (exact) mass is 171 g/mol. The Morgan fingerprint density at radius 1 is 1.73 bits per heavy atom. The van der Waals surface area contributed by atoms with Crippen LogP contribution in [-0.2, 0) is 6.42 Å². The number of aromatic nitrogens is 1. The Bertz CT molecular complexity index is 232. The summed E-state index contributed by atoms with van der Waals surface area (Å²) >= 11 is 5.51. The second kappa shape index (κ2) is 4.19. The minimum absolute atomic E-state index is 0.578. The lowest BCUT2D eigenvalue weighted by atomic mass is 10.3. The summed E-state index contributed by atoms with van der Waals surface area (Å²) in [4.78, 5) is 3.96. The minimum atomic E-state index is 0.578. The zero-order valence-electron chi connectivity index (χ0n) is 6.22. The molecule has 11 heavy (non-hydrogen) atoms. The van der Waals surface area contributed by atoms with Crippen LogP contribution in [-0.4, -0.2) is 10.9 Å². The summed E-state index contributed by atoms with van der Waals surface area (Å²) in [7, 11) is 0. The molecule has 0 amide bonds. The van der Waals surface area contributed by atoms with Gasteiger partial charge in [-0.25, -0.2) is 4.98 Å². The number of aryl methyl sites for hydroxylation is 1. The molecule has 0 aliphatic heterocycles. The highest BCUT2D eigenvalue weighted by Gasteiger charge is 1.98. The van der Waals surface area contributed by atoms with Crippen molar-refractivity contribution in [1.29, 1.82) is 0 Å². The van der Waals surface area contributed by atoms with Crippen LogP contribution in [0.1, 0.15) is 18.1 Å². The zero-order valence-corrected chi connectivity index (χ0v) is 6.97. The molecular formula is C8H10ClNO. The summed E-state index contributed by atoms with van der Waals surface area (Å²) in [6.07, 6.45) is 5.07. The van der Waals surface area contributed by atoms with Gasteiger partial charge in [0.05, 0.1) is 6.20 Å². The Kier molecular flexibility index (Phi) is 3.17. The van der Waals surface area contributed by atoms with Crippen LogP contribution in [0.2, 0.25) is 0 Å².